The van der Waals surface area contributed by atoms with Gasteiger partial charge in [-0.05, 0) is 27.2 Å². The van der Waals surface area contributed by atoms with Gasteiger partial charge in [-0.2, -0.15) is 0 Å². The smallest absolute Gasteiger partial charge is 0.216 e. The number of aliphatic imine (C=N–C) groups is 1. The number of guanidine groups is 1. The van der Waals surface area contributed by atoms with Crippen molar-refractivity contribution in [3.63, 3.8) is 0 Å². The van der Waals surface area contributed by atoms with Crippen LogP contribution in [-0.4, -0.2) is 24.0 Å². The van der Waals surface area contributed by atoms with Gasteiger partial charge in [-0.15, -0.1) is 0 Å². The normalized spacial score (nSPS) is 11.6. The topological polar surface area (TPSA) is 62.5 Å². The van der Waals surface area contributed by atoms with E-state index in [1.165, 1.54) is 0 Å². The fourth-order valence-electron chi connectivity index (χ4n) is 1.34. The lowest BCUT2D eigenvalue weighted by molar-refractivity contribution is 0.473. The van der Waals surface area contributed by atoms with Gasteiger partial charge in [0.05, 0.1) is 5.69 Å². The number of rotatable bonds is 5. The van der Waals surface area contributed by atoms with E-state index in [9.17, 15) is 0 Å². The molecular weight excluding hydrogens is 216 g/mol. The molecule has 0 bridgehead atoms. The lowest BCUT2D eigenvalue weighted by atomic mass is 10.4. The summed E-state index contributed by atoms with van der Waals surface area (Å²) in [4.78, 5) is 8.71. The third-order valence-corrected chi connectivity index (χ3v) is 2.33. The van der Waals surface area contributed by atoms with Gasteiger partial charge in [0.1, 0.15) is 12.3 Å². The van der Waals surface area contributed by atoms with Gasteiger partial charge in [0.15, 0.2) is 5.96 Å². The molecule has 2 N–H and O–H groups in total. The van der Waals surface area contributed by atoms with E-state index >= 15 is 0 Å². The highest BCUT2D eigenvalue weighted by molar-refractivity contribution is 5.79. The Kier molecular flexibility index (Phi) is 5.52. The number of nitrogens with one attached hydrogen (secondary N) is 2. The first kappa shape index (κ1) is 13.5. The van der Waals surface area contributed by atoms with Crippen molar-refractivity contribution in [3.05, 3.63) is 17.3 Å². The first-order chi connectivity index (χ1) is 8.17. The summed E-state index contributed by atoms with van der Waals surface area (Å²) in [5.41, 5.74) is 0.932. The fraction of sp³-hybridized carbons (Fsp3) is 0.667. The maximum atomic E-state index is 5.47. The molecule has 0 spiro atoms. The second kappa shape index (κ2) is 6.93. The van der Waals surface area contributed by atoms with Crippen LogP contribution in [0, 0.1) is 13.8 Å². The lowest BCUT2D eigenvalue weighted by Crippen LogP contribution is -2.37. The summed E-state index contributed by atoms with van der Waals surface area (Å²) in [6, 6.07) is 0. The highest BCUT2D eigenvalue weighted by atomic mass is 16.4. The molecule has 0 aliphatic rings. The zero-order valence-electron chi connectivity index (χ0n) is 11.1. The molecule has 1 heterocycles. The van der Waals surface area contributed by atoms with Crippen molar-refractivity contribution in [2.24, 2.45) is 4.99 Å². The Morgan fingerprint density at radius 2 is 2.06 bits per heavy atom. The van der Waals surface area contributed by atoms with Crippen molar-refractivity contribution in [1.82, 2.24) is 15.6 Å². The van der Waals surface area contributed by atoms with Crippen LogP contribution in [0.5, 0.6) is 0 Å². The Balaban J connectivity index is 2.58. The van der Waals surface area contributed by atoms with Gasteiger partial charge in [-0.25, -0.2) is 9.98 Å². The van der Waals surface area contributed by atoms with E-state index in [0.29, 0.717) is 12.4 Å². The molecule has 0 fully saturated rings. The highest BCUT2D eigenvalue weighted by Gasteiger charge is 2.04. The maximum absolute atomic E-state index is 5.47. The maximum Gasteiger partial charge on any atom is 0.216 e. The molecule has 0 aliphatic heterocycles. The van der Waals surface area contributed by atoms with Crippen LogP contribution >= 0.6 is 0 Å². The molecule has 96 valence electrons. The average molecular weight is 238 g/mol. The van der Waals surface area contributed by atoms with Crippen LogP contribution in [0.25, 0.3) is 0 Å². The Morgan fingerprint density at radius 3 is 2.59 bits per heavy atom. The van der Waals surface area contributed by atoms with Crippen molar-refractivity contribution in [2.75, 3.05) is 13.1 Å². The summed E-state index contributed by atoms with van der Waals surface area (Å²) in [5.74, 6) is 2.33. The second-order valence-corrected chi connectivity index (χ2v) is 3.87. The highest BCUT2D eigenvalue weighted by Crippen LogP contribution is 2.08. The molecule has 0 unspecified atom stereocenters. The quantitative estimate of drug-likeness (QED) is 0.606. The first-order valence-corrected chi connectivity index (χ1v) is 6.12. The Morgan fingerprint density at radius 1 is 1.29 bits per heavy atom. The summed E-state index contributed by atoms with van der Waals surface area (Å²) in [6.07, 6.45) is 1.07. The fourth-order valence-corrected chi connectivity index (χ4v) is 1.34. The zero-order valence-corrected chi connectivity index (χ0v) is 11.1. The van der Waals surface area contributed by atoms with Gasteiger partial charge in [0.2, 0.25) is 5.89 Å². The molecule has 0 saturated heterocycles. The molecule has 0 saturated carbocycles. The molecule has 17 heavy (non-hydrogen) atoms. The van der Waals surface area contributed by atoms with Gasteiger partial charge in [-0.1, -0.05) is 6.92 Å². The van der Waals surface area contributed by atoms with Crippen LogP contribution in [-0.2, 0) is 6.54 Å². The van der Waals surface area contributed by atoms with Crippen LogP contribution in [0.4, 0.5) is 0 Å². The van der Waals surface area contributed by atoms with E-state index in [4.69, 9.17) is 4.42 Å². The van der Waals surface area contributed by atoms with Gasteiger partial charge in [0.25, 0.3) is 0 Å². The molecule has 0 aliphatic carbocycles. The summed E-state index contributed by atoms with van der Waals surface area (Å²) in [5, 5.41) is 6.41. The van der Waals surface area contributed by atoms with Crippen LogP contribution in [0.3, 0.4) is 0 Å². The minimum atomic E-state index is 0.466. The molecule has 0 radical (unpaired) electrons. The minimum absolute atomic E-state index is 0.466. The Hall–Kier alpha value is -1.52. The van der Waals surface area contributed by atoms with E-state index in [-0.39, 0.29) is 0 Å². The third kappa shape index (κ3) is 4.46. The van der Waals surface area contributed by atoms with Crippen molar-refractivity contribution < 1.29 is 4.42 Å². The number of nitrogens with zero attached hydrogens (tertiary/aromatic N) is 2. The van der Waals surface area contributed by atoms with E-state index in [1.807, 2.05) is 20.8 Å². The largest absolute Gasteiger partial charge is 0.444 e. The number of hydrogen-bond acceptors (Lipinski definition) is 3. The van der Waals surface area contributed by atoms with Crippen molar-refractivity contribution >= 4 is 5.96 Å². The molecule has 1 aromatic rings. The van der Waals surface area contributed by atoms with Crippen molar-refractivity contribution in [2.45, 2.75) is 40.7 Å². The molecule has 0 amide bonds. The van der Waals surface area contributed by atoms with E-state index in [2.05, 4.69) is 27.5 Å². The summed E-state index contributed by atoms with van der Waals surface area (Å²) >= 11 is 0. The molecular formula is C12H22N4O. The number of hydrogen-bond donors (Lipinski definition) is 2. The Labute approximate surface area is 103 Å². The van der Waals surface area contributed by atoms with E-state index in [0.717, 1.165) is 36.9 Å². The molecule has 5 heteroatoms. The van der Waals surface area contributed by atoms with Crippen LogP contribution in [0.1, 0.15) is 37.6 Å². The van der Waals surface area contributed by atoms with Crippen molar-refractivity contribution in [3.8, 4) is 0 Å². The lowest BCUT2D eigenvalue weighted by Gasteiger charge is -2.09. The van der Waals surface area contributed by atoms with Gasteiger partial charge >= 0.3 is 0 Å². The Bertz CT molecular complexity index is 351. The molecule has 5 nitrogen and oxygen atoms in total. The minimum Gasteiger partial charge on any atom is -0.444 e. The standard InChI is InChI=1S/C12H22N4O/c1-5-7-14-12(13-6-2)15-8-11-16-9(3)10(4)17-11/h5-8H2,1-4H3,(H2,13,14,15). The van der Waals surface area contributed by atoms with Crippen LogP contribution in [0.2, 0.25) is 0 Å². The number of aryl methyl sites for hydroxylation is 2. The van der Waals surface area contributed by atoms with E-state index < -0.39 is 0 Å². The van der Waals surface area contributed by atoms with E-state index in [1.54, 1.807) is 0 Å². The summed E-state index contributed by atoms with van der Waals surface area (Å²) in [6.45, 7) is 10.2. The number of aromatic nitrogens is 1. The molecule has 1 aromatic heterocycles. The molecule has 1 rings (SSSR count). The number of oxazole rings is 1. The zero-order chi connectivity index (χ0) is 12.7. The van der Waals surface area contributed by atoms with Crippen LogP contribution < -0.4 is 10.6 Å². The monoisotopic (exact) mass is 238 g/mol. The third-order valence-electron chi connectivity index (χ3n) is 2.33. The van der Waals surface area contributed by atoms with Crippen molar-refractivity contribution in [1.29, 1.82) is 0 Å². The summed E-state index contributed by atoms with van der Waals surface area (Å²) < 4.78 is 5.47. The van der Waals surface area contributed by atoms with Gasteiger partial charge < -0.3 is 15.1 Å². The predicted octanol–water partition coefficient (Wildman–Crippen LogP) is 1.76. The van der Waals surface area contributed by atoms with Gasteiger partial charge in [-0.3, -0.25) is 0 Å². The first-order valence-electron chi connectivity index (χ1n) is 6.12. The SMILES string of the molecule is CCCNC(=NCc1nc(C)c(C)o1)NCC. The average Bonchev–Trinajstić information content (AvgIpc) is 2.62. The molecule has 0 aromatic carbocycles. The van der Waals surface area contributed by atoms with Crippen LogP contribution in [0.15, 0.2) is 9.41 Å². The predicted molar refractivity (Wildman–Crippen MR) is 69.1 cm³/mol. The summed E-state index contributed by atoms with van der Waals surface area (Å²) in [7, 11) is 0. The second-order valence-electron chi connectivity index (χ2n) is 3.87. The molecule has 0 atom stereocenters. The van der Waals surface area contributed by atoms with Gasteiger partial charge in [0, 0.05) is 13.1 Å².